The Morgan fingerprint density at radius 2 is 2.03 bits per heavy atom. The van der Waals surface area contributed by atoms with E-state index >= 15 is 0 Å². The number of nitrogens with zero attached hydrogens (tertiary/aromatic N) is 4. The minimum atomic E-state index is -0.952. The molecule has 170 valence electrons. The third-order valence-corrected chi connectivity index (χ3v) is 8.07. The Bertz CT molecular complexity index is 1400. The normalized spacial score (nSPS) is 29.6. The van der Waals surface area contributed by atoms with Crippen molar-refractivity contribution in [3.05, 3.63) is 58.0 Å². The summed E-state index contributed by atoms with van der Waals surface area (Å²) in [5, 5.41) is 24.2. The topological polar surface area (TPSA) is 119 Å². The van der Waals surface area contributed by atoms with Gasteiger partial charge in [-0.05, 0) is 52.5 Å². The van der Waals surface area contributed by atoms with Gasteiger partial charge in [0.2, 0.25) is 0 Å². The molecular formula is C23H21BrClN5O3. The van der Waals surface area contributed by atoms with Gasteiger partial charge in [0, 0.05) is 17.0 Å². The van der Waals surface area contributed by atoms with Crippen molar-refractivity contribution in [3.8, 4) is 0 Å². The predicted molar refractivity (Wildman–Crippen MR) is 128 cm³/mol. The lowest BCUT2D eigenvalue weighted by Crippen LogP contribution is -2.37. The monoisotopic (exact) mass is 529 g/mol. The van der Waals surface area contributed by atoms with E-state index in [1.54, 1.807) is 0 Å². The van der Waals surface area contributed by atoms with Crippen molar-refractivity contribution >= 4 is 55.3 Å². The molecule has 10 heteroatoms. The number of anilines is 1. The smallest absolute Gasteiger partial charge is 0.145 e. The lowest BCUT2D eigenvalue weighted by atomic mass is 9.80. The van der Waals surface area contributed by atoms with E-state index in [1.807, 2.05) is 41.1 Å². The van der Waals surface area contributed by atoms with Crippen LogP contribution < -0.4 is 5.73 Å². The maximum absolute atomic E-state index is 11.1. The van der Waals surface area contributed by atoms with Crippen LogP contribution in [-0.2, 0) is 4.74 Å². The second kappa shape index (κ2) is 7.61. The molecule has 2 fully saturated rings. The van der Waals surface area contributed by atoms with Crippen LogP contribution >= 0.6 is 27.5 Å². The van der Waals surface area contributed by atoms with Crippen LogP contribution in [0, 0.1) is 5.41 Å². The zero-order valence-electron chi connectivity index (χ0n) is 17.4. The van der Waals surface area contributed by atoms with Crippen molar-refractivity contribution in [1.82, 2.24) is 19.5 Å². The Balaban J connectivity index is 1.30. The van der Waals surface area contributed by atoms with Gasteiger partial charge >= 0.3 is 0 Å². The van der Waals surface area contributed by atoms with Gasteiger partial charge in [-0.15, -0.1) is 0 Å². The average molecular weight is 531 g/mol. The fourth-order valence-corrected chi connectivity index (χ4v) is 5.92. The van der Waals surface area contributed by atoms with E-state index in [1.165, 1.54) is 6.33 Å². The number of pyridine rings is 1. The number of aliphatic hydroxyl groups is 2. The highest BCUT2D eigenvalue weighted by molar-refractivity contribution is 9.10. The number of halogens is 2. The summed E-state index contributed by atoms with van der Waals surface area (Å²) in [6, 6.07) is 9.42. The van der Waals surface area contributed by atoms with E-state index in [0.717, 1.165) is 26.3 Å². The van der Waals surface area contributed by atoms with Crippen LogP contribution in [0.5, 0.6) is 0 Å². The number of nitrogen functional groups attached to an aromatic ring is 1. The minimum Gasteiger partial charge on any atom is -0.390 e. The largest absolute Gasteiger partial charge is 0.390 e. The molecule has 8 nitrogen and oxygen atoms in total. The summed E-state index contributed by atoms with van der Waals surface area (Å²) in [6.07, 6.45) is 2.31. The third kappa shape index (κ3) is 3.25. The van der Waals surface area contributed by atoms with Crippen molar-refractivity contribution in [2.24, 2.45) is 5.41 Å². The summed E-state index contributed by atoms with van der Waals surface area (Å²) < 4.78 is 8.82. The molecule has 1 spiro atoms. The van der Waals surface area contributed by atoms with E-state index in [0.29, 0.717) is 36.1 Å². The third-order valence-electron chi connectivity index (χ3n) is 7.14. The number of benzene rings is 1. The average Bonchev–Trinajstić information content (AvgIpc) is 3.48. The van der Waals surface area contributed by atoms with Crippen LogP contribution in [0.3, 0.4) is 0 Å². The molecule has 4 N–H and O–H groups in total. The molecule has 0 radical (unpaired) electrons. The number of rotatable bonds is 2. The van der Waals surface area contributed by atoms with E-state index in [-0.39, 0.29) is 12.1 Å². The maximum atomic E-state index is 11.1. The second-order valence-corrected chi connectivity index (χ2v) is 10.2. The highest BCUT2D eigenvalue weighted by Crippen LogP contribution is 2.55. The van der Waals surface area contributed by atoms with Gasteiger partial charge < -0.3 is 25.3 Å². The summed E-state index contributed by atoms with van der Waals surface area (Å²) in [5.41, 5.74) is 7.80. The van der Waals surface area contributed by atoms with Crippen molar-refractivity contribution in [1.29, 1.82) is 0 Å². The minimum absolute atomic E-state index is 0.208. The van der Waals surface area contributed by atoms with Crippen molar-refractivity contribution in [3.63, 3.8) is 0 Å². The summed E-state index contributed by atoms with van der Waals surface area (Å²) >= 11 is 9.61. The number of hydrogen-bond donors (Lipinski definition) is 3. The van der Waals surface area contributed by atoms with Crippen molar-refractivity contribution < 1.29 is 14.9 Å². The molecular weight excluding hydrogens is 510 g/mol. The molecule has 0 unspecified atom stereocenters. The van der Waals surface area contributed by atoms with Gasteiger partial charge in [-0.25, -0.2) is 15.0 Å². The summed E-state index contributed by atoms with van der Waals surface area (Å²) in [6.45, 7) is 0.356. The number of hydrogen-bond acceptors (Lipinski definition) is 7. The molecule has 3 aromatic heterocycles. The summed E-state index contributed by atoms with van der Waals surface area (Å²) in [4.78, 5) is 12.8. The van der Waals surface area contributed by atoms with Crippen LogP contribution in [0.25, 0.3) is 21.9 Å². The molecule has 4 heterocycles. The quantitative estimate of drug-likeness (QED) is 0.337. The van der Waals surface area contributed by atoms with Crippen LogP contribution in [0.4, 0.5) is 5.82 Å². The van der Waals surface area contributed by atoms with Gasteiger partial charge in [0.1, 0.15) is 29.0 Å². The molecule has 5 atom stereocenters. The molecule has 2 aliphatic rings. The maximum Gasteiger partial charge on any atom is 0.145 e. The summed E-state index contributed by atoms with van der Waals surface area (Å²) in [7, 11) is 0. The van der Waals surface area contributed by atoms with Gasteiger partial charge in [-0.3, -0.25) is 0 Å². The van der Waals surface area contributed by atoms with Gasteiger partial charge in [-0.2, -0.15) is 0 Å². The van der Waals surface area contributed by atoms with Gasteiger partial charge in [0.15, 0.2) is 0 Å². The molecule has 1 saturated heterocycles. The Labute approximate surface area is 202 Å². The highest BCUT2D eigenvalue weighted by Gasteiger charge is 2.57. The molecule has 1 aliphatic heterocycles. The lowest BCUT2D eigenvalue weighted by molar-refractivity contribution is -0.0309. The number of aliphatic hydroxyl groups excluding tert-OH is 2. The standard InChI is InChI=1S/C23H21BrClN5O3/c24-14-5-11-1-2-12(6-15(11)29-21(14)26)17-8-23(9-33-17)7-16(18(31)19(23)32)30-4-3-13-20(25)27-10-28-22(13)30/h1-6,10,16-19,31-32H,7-9H2,(H2,26,29)/t16-,17+,18+,19+,23-/m1/s1. The zero-order chi connectivity index (χ0) is 22.9. The van der Waals surface area contributed by atoms with Gasteiger partial charge in [0.25, 0.3) is 0 Å². The van der Waals surface area contributed by atoms with Crippen LogP contribution in [-0.4, -0.2) is 48.5 Å². The summed E-state index contributed by atoms with van der Waals surface area (Å²) in [5.74, 6) is 0.434. The van der Waals surface area contributed by atoms with Crippen LogP contribution in [0.15, 0.2) is 47.3 Å². The van der Waals surface area contributed by atoms with E-state index < -0.39 is 17.6 Å². The Morgan fingerprint density at radius 3 is 2.88 bits per heavy atom. The van der Waals surface area contributed by atoms with Crippen molar-refractivity contribution in [2.45, 2.75) is 37.2 Å². The van der Waals surface area contributed by atoms with Crippen LogP contribution in [0.1, 0.15) is 30.6 Å². The fraction of sp³-hybridized carbons (Fsp3) is 0.348. The molecule has 33 heavy (non-hydrogen) atoms. The number of fused-ring (bicyclic) bond motifs is 2. The second-order valence-electron chi connectivity index (χ2n) is 9.01. The molecule has 4 aromatic rings. The Kier molecular flexibility index (Phi) is 4.90. The molecule has 1 aromatic carbocycles. The zero-order valence-corrected chi connectivity index (χ0v) is 19.7. The first-order valence-electron chi connectivity index (χ1n) is 10.7. The Morgan fingerprint density at radius 1 is 1.18 bits per heavy atom. The molecule has 1 aliphatic carbocycles. The van der Waals surface area contributed by atoms with Gasteiger partial charge in [0.05, 0.1) is 40.2 Å². The van der Waals surface area contributed by atoms with E-state index in [9.17, 15) is 10.2 Å². The van der Waals surface area contributed by atoms with Crippen molar-refractivity contribution in [2.75, 3.05) is 12.3 Å². The molecule has 6 rings (SSSR count). The first kappa shape index (κ1) is 21.2. The molecule has 1 saturated carbocycles. The Hall–Kier alpha value is -2.30. The predicted octanol–water partition coefficient (Wildman–Crippen LogP) is 3.79. The lowest BCUT2D eigenvalue weighted by Gasteiger charge is -2.26. The first-order chi connectivity index (χ1) is 15.9. The fourth-order valence-electron chi connectivity index (χ4n) is 5.39. The SMILES string of the molecule is Nc1nc2cc([C@@H]3C[C@@]4(CO3)C[C@@H](n3ccc5c(Cl)ncnc53)[C@H](O)[C@@H]4O)ccc2cc1Br. The van der Waals surface area contributed by atoms with E-state index in [2.05, 4.69) is 30.9 Å². The number of ether oxygens (including phenoxy) is 1. The van der Waals surface area contributed by atoms with Crippen LogP contribution in [0.2, 0.25) is 5.15 Å². The molecule has 0 bridgehead atoms. The van der Waals surface area contributed by atoms with Gasteiger partial charge in [-0.1, -0.05) is 23.7 Å². The van der Waals surface area contributed by atoms with E-state index in [4.69, 9.17) is 22.1 Å². The highest BCUT2D eigenvalue weighted by atomic mass is 79.9. The number of nitrogens with two attached hydrogens (primary N) is 1. The first-order valence-corrected chi connectivity index (χ1v) is 11.8. The molecule has 0 amide bonds. The number of aromatic nitrogens is 4.